The van der Waals surface area contributed by atoms with Crippen molar-refractivity contribution in [3.05, 3.63) is 17.5 Å². The van der Waals surface area contributed by atoms with Crippen LogP contribution in [0.1, 0.15) is 24.5 Å². The van der Waals surface area contributed by atoms with Gasteiger partial charge in [-0.1, -0.05) is 0 Å². The van der Waals surface area contributed by atoms with Gasteiger partial charge in [0.2, 0.25) is 12.2 Å². The highest BCUT2D eigenvalue weighted by molar-refractivity contribution is 5.71. The summed E-state index contributed by atoms with van der Waals surface area (Å²) < 4.78 is 22.3. The van der Waals surface area contributed by atoms with Crippen LogP contribution in [0.25, 0.3) is 11.4 Å². The Hall–Kier alpha value is -2.60. The predicted molar refractivity (Wildman–Crippen MR) is 118 cm³/mol. The molecule has 2 saturated heterocycles. The van der Waals surface area contributed by atoms with Crippen LogP contribution in [0.4, 0.5) is 17.6 Å². The van der Waals surface area contributed by atoms with Gasteiger partial charge in [0.1, 0.15) is 17.3 Å². The molecule has 0 bridgehead atoms. The zero-order valence-corrected chi connectivity index (χ0v) is 18.7. The van der Waals surface area contributed by atoms with E-state index in [1.807, 2.05) is 0 Å². The first-order valence-corrected chi connectivity index (χ1v) is 10.9. The average Bonchev–Trinajstić information content (AvgIpc) is 3.19. The lowest BCUT2D eigenvalue weighted by Crippen LogP contribution is -2.44. The average molecular weight is 444 g/mol. The highest BCUT2D eigenvalue weighted by atomic mass is 16.7. The molecule has 5 rings (SSSR count). The maximum atomic E-state index is 5.88. The quantitative estimate of drug-likeness (QED) is 0.660. The van der Waals surface area contributed by atoms with E-state index in [2.05, 4.69) is 26.7 Å². The van der Waals surface area contributed by atoms with E-state index in [-0.39, 0.29) is 18.0 Å². The molecule has 172 valence electrons. The molecule has 2 N–H and O–H groups in total. The second-order valence-electron chi connectivity index (χ2n) is 8.25. The fourth-order valence-corrected chi connectivity index (χ4v) is 4.70. The van der Waals surface area contributed by atoms with E-state index in [4.69, 9.17) is 34.6 Å². The second kappa shape index (κ2) is 8.74. The van der Waals surface area contributed by atoms with Crippen molar-refractivity contribution in [1.29, 1.82) is 0 Å². The molecule has 32 heavy (non-hydrogen) atoms. The summed E-state index contributed by atoms with van der Waals surface area (Å²) in [6, 6.07) is 0.476. The Morgan fingerprint density at radius 2 is 1.72 bits per heavy atom. The number of hydrogen-bond donors (Lipinski definition) is 1. The number of anilines is 3. The zero-order valence-electron chi connectivity index (χ0n) is 18.7. The monoisotopic (exact) mass is 443 g/mol. The summed E-state index contributed by atoms with van der Waals surface area (Å²) in [6.45, 7) is 6.43. The van der Waals surface area contributed by atoms with Crippen LogP contribution < -0.4 is 15.5 Å². The van der Waals surface area contributed by atoms with E-state index < -0.39 is 6.29 Å². The Labute approximate surface area is 186 Å². The maximum absolute atomic E-state index is 5.88. The normalized spacial score (nSPS) is 22.9. The molecule has 0 saturated carbocycles. The molecule has 0 amide bonds. The van der Waals surface area contributed by atoms with Crippen molar-refractivity contribution < 1.29 is 18.9 Å². The number of fused-ring (bicyclic) bond motifs is 3. The molecule has 0 aliphatic carbocycles. The summed E-state index contributed by atoms with van der Waals surface area (Å²) in [6.07, 6.45) is 1.79. The first-order valence-electron chi connectivity index (χ1n) is 10.9. The van der Waals surface area contributed by atoms with Crippen LogP contribution in [0.2, 0.25) is 0 Å². The van der Waals surface area contributed by atoms with E-state index in [0.717, 1.165) is 36.7 Å². The third kappa shape index (κ3) is 3.64. The van der Waals surface area contributed by atoms with Crippen LogP contribution in [-0.2, 0) is 25.4 Å². The van der Waals surface area contributed by atoms with Gasteiger partial charge in [-0.05, 0) is 6.92 Å². The Bertz CT molecular complexity index is 987. The molecule has 5 heterocycles. The lowest BCUT2D eigenvalue weighted by Gasteiger charge is -2.35. The molecular weight excluding hydrogens is 414 g/mol. The predicted octanol–water partition coefficient (Wildman–Crippen LogP) is 0.794. The highest BCUT2D eigenvalue weighted by Gasteiger charge is 2.38. The molecule has 3 aliphatic rings. The summed E-state index contributed by atoms with van der Waals surface area (Å²) in [7, 11) is 3.11. The minimum Gasteiger partial charge on any atom is -0.377 e. The molecule has 0 unspecified atom stereocenters. The first kappa shape index (κ1) is 21.3. The molecule has 0 radical (unpaired) electrons. The summed E-state index contributed by atoms with van der Waals surface area (Å²) in [5.41, 5.74) is 8.17. The van der Waals surface area contributed by atoms with Gasteiger partial charge in [0.05, 0.1) is 44.1 Å². The third-order valence-electron chi connectivity index (χ3n) is 6.27. The van der Waals surface area contributed by atoms with E-state index in [0.29, 0.717) is 43.5 Å². The van der Waals surface area contributed by atoms with Crippen molar-refractivity contribution in [3.8, 4) is 11.4 Å². The SMILES string of the molecule is COC(OC)c1nc(N)ncc1-c1nc2c(c(N3CCOC[C@H]3C)n1)C[C@@H]1COCCN21. The van der Waals surface area contributed by atoms with Crippen LogP contribution >= 0.6 is 0 Å². The molecule has 2 aromatic heterocycles. The summed E-state index contributed by atoms with van der Waals surface area (Å²) in [4.78, 5) is 23.3. The number of nitrogens with two attached hydrogens (primary N) is 1. The van der Waals surface area contributed by atoms with E-state index in [1.165, 1.54) is 0 Å². The second-order valence-corrected chi connectivity index (χ2v) is 8.25. The minimum atomic E-state index is -0.714. The van der Waals surface area contributed by atoms with Gasteiger partial charge in [0.15, 0.2) is 5.82 Å². The fraction of sp³-hybridized carbons (Fsp3) is 0.619. The van der Waals surface area contributed by atoms with Crippen LogP contribution in [-0.4, -0.2) is 85.8 Å². The Kier molecular flexibility index (Phi) is 5.80. The molecule has 11 heteroatoms. The van der Waals surface area contributed by atoms with E-state index >= 15 is 0 Å². The molecule has 0 spiro atoms. The van der Waals surface area contributed by atoms with Gasteiger partial charge < -0.3 is 34.5 Å². The van der Waals surface area contributed by atoms with Crippen LogP contribution in [0.5, 0.6) is 0 Å². The fourth-order valence-electron chi connectivity index (χ4n) is 4.70. The van der Waals surface area contributed by atoms with Gasteiger partial charge in [0.25, 0.3) is 0 Å². The number of methoxy groups -OCH3 is 2. The molecule has 2 fully saturated rings. The third-order valence-corrected chi connectivity index (χ3v) is 6.27. The van der Waals surface area contributed by atoms with Gasteiger partial charge in [-0.25, -0.2) is 19.9 Å². The number of aromatic nitrogens is 4. The molecule has 2 aromatic rings. The molecule has 3 aliphatic heterocycles. The number of nitrogen functional groups attached to an aromatic ring is 1. The van der Waals surface area contributed by atoms with Gasteiger partial charge in [0, 0.05) is 45.5 Å². The standard InChI is InChI=1S/C21H29N7O4/c1-12-10-31-6-4-27(12)18-14-8-13-11-32-7-5-28(13)19(14)26-17(25-18)15-9-23-21(22)24-16(15)20(29-2)30-3/h9,12-13,20H,4-8,10-11H2,1-3H3,(H2,22,23,24)/t12-,13-/m1/s1. The molecule has 0 aromatic carbocycles. The van der Waals surface area contributed by atoms with Crippen molar-refractivity contribution in [2.75, 3.05) is 69.3 Å². The Morgan fingerprint density at radius 1 is 1.03 bits per heavy atom. The van der Waals surface area contributed by atoms with Gasteiger partial charge in [-0.2, -0.15) is 0 Å². The van der Waals surface area contributed by atoms with Crippen molar-refractivity contribution >= 4 is 17.6 Å². The molecule has 2 atom stereocenters. The van der Waals surface area contributed by atoms with Crippen molar-refractivity contribution in [1.82, 2.24) is 19.9 Å². The largest absolute Gasteiger partial charge is 0.377 e. The summed E-state index contributed by atoms with van der Waals surface area (Å²) in [5, 5.41) is 0. The number of rotatable bonds is 5. The van der Waals surface area contributed by atoms with Crippen LogP contribution in [0.3, 0.4) is 0 Å². The lowest BCUT2D eigenvalue weighted by atomic mass is 10.1. The van der Waals surface area contributed by atoms with Crippen molar-refractivity contribution in [2.24, 2.45) is 0 Å². The first-order chi connectivity index (χ1) is 15.6. The van der Waals surface area contributed by atoms with Crippen molar-refractivity contribution in [3.63, 3.8) is 0 Å². The molecular formula is C21H29N7O4. The summed E-state index contributed by atoms with van der Waals surface area (Å²) in [5.74, 6) is 2.55. The van der Waals surface area contributed by atoms with E-state index in [1.54, 1.807) is 20.4 Å². The number of hydrogen-bond acceptors (Lipinski definition) is 11. The number of morpholine rings is 2. The van der Waals surface area contributed by atoms with E-state index in [9.17, 15) is 0 Å². The zero-order chi connectivity index (χ0) is 22.2. The number of ether oxygens (including phenoxy) is 4. The Morgan fingerprint density at radius 3 is 2.44 bits per heavy atom. The van der Waals surface area contributed by atoms with Crippen LogP contribution in [0, 0.1) is 0 Å². The summed E-state index contributed by atoms with van der Waals surface area (Å²) >= 11 is 0. The maximum Gasteiger partial charge on any atom is 0.220 e. The van der Waals surface area contributed by atoms with Gasteiger partial charge in [-0.3, -0.25) is 0 Å². The van der Waals surface area contributed by atoms with Crippen molar-refractivity contribution in [2.45, 2.75) is 31.7 Å². The smallest absolute Gasteiger partial charge is 0.220 e. The number of nitrogens with zero attached hydrogens (tertiary/aromatic N) is 6. The Balaban J connectivity index is 1.67. The van der Waals surface area contributed by atoms with Gasteiger partial charge in [-0.15, -0.1) is 0 Å². The van der Waals surface area contributed by atoms with Crippen LogP contribution in [0.15, 0.2) is 6.20 Å². The van der Waals surface area contributed by atoms with Gasteiger partial charge >= 0.3 is 0 Å². The highest BCUT2D eigenvalue weighted by Crippen LogP contribution is 2.40. The molecule has 11 nitrogen and oxygen atoms in total. The minimum absolute atomic E-state index is 0.138. The lowest BCUT2D eigenvalue weighted by molar-refractivity contribution is -0.108. The topological polar surface area (TPSA) is 121 Å².